The molecule has 1 aromatic carbocycles. The molecule has 0 fully saturated rings. The van der Waals surface area contributed by atoms with Crippen LogP contribution in [0.15, 0.2) is 29.1 Å². The first-order valence-corrected chi connectivity index (χ1v) is 5.20. The standard InChI is InChI=1S/C11H11N3O3/c1-2-17-10(15)7-14-11(16)8-5-3-4-6-9(8)12-13-14/h3-6H,2,7H2,1H3. The third-order valence-corrected chi connectivity index (χ3v) is 2.21. The summed E-state index contributed by atoms with van der Waals surface area (Å²) >= 11 is 0. The molecule has 0 radical (unpaired) electrons. The van der Waals surface area contributed by atoms with Crippen molar-refractivity contribution in [3.8, 4) is 0 Å². The van der Waals surface area contributed by atoms with Gasteiger partial charge in [0.05, 0.1) is 12.0 Å². The van der Waals surface area contributed by atoms with E-state index in [1.165, 1.54) is 0 Å². The number of rotatable bonds is 3. The minimum Gasteiger partial charge on any atom is -0.465 e. The lowest BCUT2D eigenvalue weighted by atomic mass is 10.2. The molecule has 1 aromatic heterocycles. The average molecular weight is 233 g/mol. The highest BCUT2D eigenvalue weighted by molar-refractivity contribution is 5.77. The van der Waals surface area contributed by atoms with E-state index in [1.54, 1.807) is 31.2 Å². The van der Waals surface area contributed by atoms with Crippen LogP contribution in [0, 0.1) is 0 Å². The summed E-state index contributed by atoms with van der Waals surface area (Å²) in [5, 5.41) is 7.98. The molecule has 88 valence electrons. The molecule has 6 heteroatoms. The SMILES string of the molecule is CCOC(=O)Cn1nnc2ccccc2c1=O. The van der Waals surface area contributed by atoms with Crippen LogP contribution >= 0.6 is 0 Å². The molecule has 0 aliphatic carbocycles. The van der Waals surface area contributed by atoms with Crippen molar-refractivity contribution < 1.29 is 9.53 Å². The quantitative estimate of drug-likeness (QED) is 0.715. The summed E-state index contributed by atoms with van der Waals surface area (Å²) in [6.07, 6.45) is 0. The van der Waals surface area contributed by atoms with Crippen LogP contribution in [0.25, 0.3) is 10.9 Å². The highest BCUT2D eigenvalue weighted by Gasteiger charge is 2.09. The Labute approximate surface area is 96.8 Å². The Balaban J connectivity index is 2.39. The predicted molar refractivity (Wildman–Crippen MR) is 60.4 cm³/mol. The predicted octanol–water partition coefficient (Wildman–Crippen LogP) is 0.355. The Kier molecular flexibility index (Phi) is 3.13. The Hall–Kier alpha value is -2.24. The van der Waals surface area contributed by atoms with Crippen LogP contribution in [0.4, 0.5) is 0 Å². The minimum atomic E-state index is -0.501. The first-order chi connectivity index (χ1) is 8.22. The smallest absolute Gasteiger partial charge is 0.327 e. The molecule has 0 amide bonds. The lowest BCUT2D eigenvalue weighted by molar-refractivity contribution is -0.144. The van der Waals surface area contributed by atoms with Crippen molar-refractivity contribution >= 4 is 16.9 Å². The zero-order valence-electron chi connectivity index (χ0n) is 9.29. The summed E-state index contributed by atoms with van der Waals surface area (Å²) in [4.78, 5) is 23.2. The molecule has 2 aromatic rings. The normalized spacial score (nSPS) is 10.4. The van der Waals surface area contributed by atoms with Gasteiger partial charge in [-0.1, -0.05) is 17.3 Å². The van der Waals surface area contributed by atoms with E-state index in [0.717, 1.165) is 4.68 Å². The van der Waals surface area contributed by atoms with Gasteiger partial charge >= 0.3 is 5.97 Å². The molecular formula is C11H11N3O3. The fourth-order valence-corrected chi connectivity index (χ4v) is 1.46. The van der Waals surface area contributed by atoms with Gasteiger partial charge in [0.15, 0.2) is 0 Å². The van der Waals surface area contributed by atoms with Crippen LogP contribution in [0.1, 0.15) is 6.92 Å². The number of ether oxygens (including phenoxy) is 1. The van der Waals surface area contributed by atoms with Gasteiger partial charge in [0, 0.05) is 0 Å². The Morgan fingerprint density at radius 3 is 2.94 bits per heavy atom. The molecular weight excluding hydrogens is 222 g/mol. The van der Waals surface area contributed by atoms with Crippen LogP contribution in [0.5, 0.6) is 0 Å². The fraction of sp³-hybridized carbons (Fsp3) is 0.273. The monoisotopic (exact) mass is 233 g/mol. The molecule has 17 heavy (non-hydrogen) atoms. The molecule has 0 spiro atoms. The largest absolute Gasteiger partial charge is 0.465 e. The van der Waals surface area contributed by atoms with Gasteiger partial charge in [-0.05, 0) is 19.1 Å². The number of carbonyl (C=O) groups excluding carboxylic acids is 1. The van der Waals surface area contributed by atoms with Gasteiger partial charge in [-0.3, -0.25) is 9.59 Å². The maximum absolute atomic E-state index is 11.9. The van der Waals surface area contributed by atoms with E-state index in [9.17, 15) is 9.59 Å². The Morgan fingerprint density at radius 2 is 2.18 bits per heavy atom. The second-order valence-electron chi connectivity index (χ2n) is 3.37. The summed E-state index contributed by atoms with van der Waals surface area (Å²) in [6, 6.07) is 6.85. The number of hydrogen-bond acceptors (Lipinski definition) is 5. The van der Waals surface area contributed by atoms with Gasteiger partial charge < -0.3 is 4.74 Å². The van der Waals surface area contributed by atoms with Crippen molar-refractivity contribution in [1.29, 1.82) is 0 Å². The summed E-state index contributed by atoms with van der Waals surface area (Å²) in [5.74, 6) is -0.501. The van der Waals surface area contributed by atoms with E-state index >= 15 is 0 Å². The van der Waals surface area contributed by atoms with Crippen molar-refractivity contribution in [3.63, 3.8) is 0 Å². The number of carbonyl (C=O) groups is 1. The van der Waals surface area contributed by atoms with Crippen LogP contribution < -0.4 is 5.56 Å². The number of benzene rings is 1. The first kappa shape index (κ1) is 11.3. The maximum atomic E-state index is 11.9. The van der Waals surface area contributed by atoms with Crippen LogP contribution in [-0.4, -0.2) is 27.6 Å². The average Bonchev–Trinajstić information content (AvgIpc) is 2.33. The zero-order valence-corrected chi connectivity index (χ0v) is 9.29. The number of nitrogens with zero attached hydrogens (tertiary/aromatic N) is 3. The summed E-state index contributed by atoms with van der Waals surface area (Å²) in [5.41, 5.74) is 0.168. The molecule has 0 atom stereocenters. The van der Waals surface area contributed by atoms with E-state index in [4.69, 9.17) is 4.74 Å². The second kappa shape index (κ2) is 4.73. The lowest BCUT2D eigenvalue weighted by Gasteiger charge is -2.04. The molecule has 0 N–H and O–H groups in total. The third kappa shape index (κ3) is 2.30. The van der Waals surface area contributed by atoms with E-state index in [-0.39, 0.29) is 18.7 Å². The van der Waals surface area contributed by atoms with Gasteiger partial charge in [-0.15, -0.1) is 5.10 Å². The van der Waals surface area contributed by atoms with Crippen molar-refractivity contribution in [3.05, 3.63) is 34.6 Å². The number of fused-ring (bicyclic) bond motifs is 1. The van der Waals surface area contributed by atoms with Crippen molar-refractivity contribution in [1.82, 2.24) is 15.0 Å². The van der Waals surface area contributed by atoms with Crippen LogP contribution in [-0.2, 0) is 16.1 Å². The van der Waals surface area contributed by atoms with E-state index < -0.39 is 5.97 Å². The molecule has 0 aliphatic rings. The molecule has 0 aliphatic heterocycles. The molecule has 6 nitrogen and oxygen atoms in total. The van der Waals surface area contributed by atoms with E-state index in [0.29, 0.717) is 10.9 Å². The summed E-state index contributed by atoms with van der Waals surface area (Å²) < 4.78 is 5.75. The van der Waals surface area contributed by atoms with Crippen molar-refractivity contribution in [2.24, 2.45) is 0 Å². The van der Waals surface area contributed by atoms with Crippen LogP contribution in [0.3, 0.4) is 0 Å². The Morgan fingerprint density at radius 1 is 1.41 bits per heavy atom. The number of aromatic nitrogens is 3. The summed E-state index contributed by atoms with van der Waals surface area (Å²) in [7, 11) is 0. The summed E-state index contributed by atoms with van der Waals surface area (Å²) in [6.45, 7) is 1.76. The number of esters is 1. The highest BCUT2D eigenvalue weighted by Crippen LogP contribution is 2.03. The molecule has 0 saturated heterocycles. The molecule has 1 heterocycles. The van der Waals surface area contributed by atoms with Gasteiger partial charge in [-0.25, -0.2) is 0 Å². The maximum Gasteiger partial charge on any atom is 0.327 e. The highest BCUT2D eigenvalue weighted by atomic mass is 16.5. The van der Waals surface area contributed by atoms with Crippen molar-refractivity contribution in [2.75, 3.05) is 6.61 Å². The number of hydrogen-bond donors (Lipinski definition) is 0. The molecule has 2 rings (SSSR count). The molecule has 0 bridgehead atoms. The van der Waals surface area contributed by atoms with Crippen molar-refractivity contribution in [2.45, 2.75) is 13.5 Å². The topological polar surface area (TPSA) is 74.1 Å². The van der Waals surface area contributed by atoms with Crippen LogP contribution in [0.2, 0.25) is 0 Å². The van der Waals surface area contributed by atoms with Gasteiger partial charge in [0.2, 0.25) is 0 Å². The minimum absolute atomic E-state index is 0.218. The van der Waals surface area contributed by atoms with Gasteiger partial charge in [0.1, 0.15) is 12.1 Å². The lowest BCUT2D eigenvalue weighted by Crippen LogP contribution is -2.28. The second-order valence-corrected chi connectivity index (χ2v) is 3.37. The fourth-order valence-electron chi connectivity index (χ4n) is 1.46. The zero-order chi connectivity index (χ0) is 12.3. The molecule has 0 saturated carbocycles. The molecule has 0 unspecified atom stereocenters. The van der Waals surface area contributed by atoms with Gasteiger partial charge in [-0.2, -0.15) is 4.68 Å². The van der Waals surface area contributed by atoms with E-state index in [2.05, 4.69) is 10.3 Å². The van der Waals surface area contributed by atoms with Gasteiger partial charge in [0.25, 0.3) is 5.56 Å². The third-order valence-electron chi connectivity index (χ3n) is 2.21. The Bertz CT molecular complexity index is 606. The van der Waals surface area contributed by atoms with E-state index in [1.807, 2.05) is 0 Å². The first-order valence-electron chi connectivity index (χ1n) is 5.20.